The molecule has 3 aromatic rings. The van der Waals surface area contributed by atoms with Crippen molar-refractivity contribution >= 4 is 63.8 Å². The Kier molecular flexibility index (Phi) is 7.29. The summed E-state index contributed by atoms with van der Waals surface area (Å²) >= 11 is 18.9. The number of imide groups is 1. The molecule has 33 heavy (non-hydrogen) atoms. The van der Waals surface area contributed by atoms with Gasteiger partial charge in [-0.15, -0.1) is 0 Å². The van der Waals surface area contributed by atoms with Gasteiger partial charge in [0.05, 0.1) is 11.4 Å². The number of benzene rings is 3. The Morgan fingerprint density at radius 3 is 2.42 bits per heavy atom. The second-order valence-corrected chi connectivity index (χ2v) is 9.31. The minimum Gasteiger partial charge on any atom is -0.489 e. The van der Waals surface area contributed by atoms with Crippen LogP contribution >= 0.6 is 46.6 Å². The molecule has 1 aliphatic rings. The third kappa shape index (κ3) is 5.53. The molecule has 168 valence electrons. The highest BCUT2D eigenvalue weighted by atomic mass is 35.5. The van der Waals surface area contributed by atoms with Gasteiger partial charge in [0.25, 0.3) is 11.1 Å². The standard InChI is InChI=1S/C24H15Cl3FNO3S/c25-16-7-6-15(20(27)11-16)13-32-17-8-4-14(5-9-17)10-22-23(30)29(24(31)33-22)12-18-19(26)2-1-3-21(18)28/h1-11H,12-13H2/b22-10-. The van der Waals surface area contributed by atoms with Crippen LogP contribution in [-0.4, -0.2) is 16.0 Å². The zero-order valence-corrected chi connectivity index (χ0v) is 19.9. The molecule has 0 N–H and O–H groups in total. The maximum absolute atomic E-state index is 14.1. The maximum Gasteiger partial charge on any atom is 0.293 e. The summed E-state index contributed by atoms with van der Waals surface area (Å²) in [5.74, 6) is -0.455. The Morgan fingerprint density at radius 1 is 0.970 bits per heavy atom. The van der Waals surface area contributed by atoms with Gasteiger partial charge in [-0.05, 0) is 59.8 Å². The largest absolute Gasteiger partial charge is 0.489 e. The summed E-state index contributed by atoms with van der Waals surface area (Å²) in [6, 6.07) is 16.4. The van der Waals surface area contributed by atoms with Crippen molar-refractivity contribution in [3.05, 3.63) is 103 Å². The van der Waals surface area contributed by atoms with Gasteiger partial charge in [-0.1, -0.05) is 59.1 Å². The number of hydrogen-bond acceptors (Lipinski definition) is 4. The molecule has 0 saturated carbocycles. The molecule has 0 aromatic heterocycles. The number of ether oxygens (including phenoxy) is 1. The van der Waals surface area contributed by atoms with E-state index in [1.165, 1.54) is 18.2 Å². The molecule has 9 heteroatoms. The van der Waals surface area contributed by atoms with Gasteiger partial charge in [-0.3, -0.25) is 14.5 Å². The van der Waals surface area contributed by atoms with Crippen LogP contribution in [0.2, 0.25) is 15.1 Å². The van der Waals surface area contributed by atoms with Crippen molar-refractivity contribution in [2.24, 2.45) is 0 Å². The molecule has 4 nitrogen and oxygen atoms in total. The maximum atomic E-state index is 14.1. The van der Waals surface area contributed by atoms with Gasteiger partial charge in [0.1, 0.15) is 18.2 Å². The Morgan fingerprint density at radius 2 is 1.73 bits per heavy atom. The molecule has 2 amide bonds. The fourth-order valence-electron chi connectivity index (χ4n) is 3.09. The molecule has 1 saturated heterocycles. The highest BCUT2D eigenvalue weighted by molar-refractivity contribution is 8.18. The zero-order valence-electron chi connectivity index (χ0n) is 16.9. The van der Waals surface area contributed by atoms with Gasteiger partial charge in [-0.25, -0.2) is 4.39 Å². The average molecular weight is 523 g/mol. The first-order valence-corrected chi connectivity index (χ1v) is 11.6. The van der Waals surface area contributed by atoms with E-state index in [4.69, 9.17) is 39.5 Å². The molecule has 1 fully saturated rings. The Bertz CT molecular complexity index is 1240. The fraction of sp³-hybridized carbons (Fsp3) is 0.0833. The lowest BCUT2D eigenvalue weighted by Gasteiger charge is -2.14. The number of hydrogen-bond donors (Lipinski definition) is 0. The monoisotopic (exact) mass is 521 g/mol. The second kappa shape index (κ2) is 10.2. The van der Waals surface area contributed by atoms with Crippen molar-refractivity contribution in [3.8, 4) is 5.75 Å². The summed E-state index contributed by atoms with van der Waals surface area (Å²) in [5, 5.41) is 0.750. The van der Waals surface area contributed by atoms with Crippen LogP contribution in [0.4, 0.5) is 9.18 Å². The van der Waals surface area contributed by atoms with Crippen LogP contribution in [0.1, 0.15) is 16.7 Å². The van der Waals surface area contributed by atoms with Crippen LogP contribution in [0.15, 0.2) is 65.6 Å². The summed E-state index contributed by atoms with van der Waals surface area (Å²) in [4.78, 5) is 26.3. The van der Waals surface area contributed by atoms with E-state index in [0.29, 0.717) is 21.4 Å². The molecule has 0 bridgehead atoms. The van der Waals surface area contributed by atoms with E-state index >= 15 is 0 Å². The summed E-state index contributed by atoms with van der Waals surface area (Å²) in [6.07, 6.45) is 1.60. The molecule has 3 aromatic carbocycles. The van der Waals surface area contributed by atoms with Gasteiger partial charge in [0.2, 0.25) is 0 Å². The SMILES string of the molecule is O=C1S/C(=C\c2ccc(OCc3ccc(Cl)cc3Cl)cc2)C(=O)N1Cc1c(F)cccc1Cl. The van der Waals surface area contributed by atoms with Crippen molar-refractivity contribution in [1.29, 1.82) is 0 Å². The molecular weight excluding hydrogens is 508 g/mol. The average Bonchev–Trinajstić information content (AvgIpc) is 3.04. The van der Waals surface area contributed by atoms with Crippen LogP contribution < -0.4 is 4.74 Å². The highest BCUT2D eigenvalue weighted by Gasteiger charge is 2.35. The van der Waals surface area contributed by atoms with Crippen molar-refractivity contribution in [2.45, 2.75) is 13.2 Å². The van der Waals surface area contributed by atoms with Crippen LogP contribution in [0.25, 0.3) is 6.08 Å². The third-order valence-corrected chi connectivity index (χ3v) is 6.69. The van der Waals surface area contributed by atoms with Crippen molar-refractivity contribution < 1.29 is 18.7 Å². The molecule has 0 unspecified atom stereocenters. The predicted molar refractivity (Wildman–Crippen MR) is 130 cm³/mol. The smallest absolute Gasteiger partial charge is 0.293 e. The Labute approximate surface area is 208 Å². The highest BCUT2D eigenvalue weighted by Crippen LogP contribution is 2.35. The fourth-order valence-corrected chi connectivity index (χ4v) is 4.61. The van der Waals surface area contributed by atoms with Crippen LogP contribution in [-0.2, 0) is 17.9 Å². The molecule has 4 rings (SSSR count). The van der Waals surface area contributed by atoms with Crippen molar-refractivity contribution in [2.75, 3.05) is 0 Å². The molecule has 0 spiro atoms. The molecular formula is C24H15Cl3FNO3S. The molecule has 0 atom stereocenters. The molecule has 0 aliphatic carbocycles. The Hall–Kier alpha value is -2.51. The molecule has 1 aliphatic heterocycles. The minimum absolute atomic E-state index is 0.102. The zero-order chi connectivity index (χ0) is 23.5. The lowest BCUT2D eigenvalue weighted by atomic mass is 10.2. The third-order valence-electron chi connectivity index (χ3n) is 4.84. The molecule has 1 heterocycles. The lowest BCUT2D eigenvalue weighted by Crippen LogP contribution is -2.28. The van der Waals surface area contributed by atoms with E-state index in [9.17, 15) is 14.0 Å². The van der Waals surface area contributed by atoms with E-state index in [0.717, 1.165) is 22.2 Å². The quantitative estimate of drug-likeness (QED) is 0.313. The van der Waals surface area contributed by atoms with Gasteiger partial charge >= 0.3 is 0 Å². The van der Waals surface area contributed by atoms with Crippen LogP contribution in [0.5, 0.6) is 5.75 Å². The number of carbonyl (C=O) groups is 2. The first-order chi connectivity index (χ1) is 15.8. The van der Waals surface area contributed by atoms with Crippen molar-refractivity contribution in [3.63, 3.8) is 0 Å². The number of amides is 2. The topological polar surface area (TPSA) is 46.6 Å². The van der Waals surface area contributed by atoms with Crippen molar-refractivity contribution in [1.82, 2.24) is 4.90 Å². The minimum atomic E-state index is -0.569. The van der Waals surface area contributed by atoms with E-state index in [1.54, 1.807) is 48.5 Å². The summed E-state index contributed by atoms with van der Waals surface area (Å²) in [7, 11) is 0. The number of thioether (sulfide) groups is 1. The van der Waals surface area contributed by atoms with Gasteiger partial charge in [0.15, 0.2) is 0 Å². The van der Waals surface area contributed by atoms with Gasteiger partial charge in [0, 0.05) is 26.2 Å². The van der Waals surface area contributed by atoms with Crippen LogP contribution in [0.3, 0.4) is 0 Å². The van der Waals surface area contributed by atoms with Gasteiger partial charge < -0.3 is 4.74 Å². The van der Waals surface area contributed by atoms with Gasteiger partial charge in [-0.2, -0.15) is 0 Å². The Balaban J connectivity index is 1.43. The van der Waals surface area contributed by atoms with Crippen LogP contribution in [0, 0.1) is 5.82 Å². The van der Waals surface area contributed by atoms with E-state index in [1.807, 2.05) is 0 Å². The van der Waals surface area contributed by atoms with E-state index in [-0.39, 0.29) is 28.6 Å². The summed E-state index contributed by atoms with van der Waals surface area (Å²) in [5.41, 5.74) is 1.61. The number of halogens is 4. The van der Waals surface area contributed by atoms with E-state index < -0.39 is 17.0 Å². The predicted octanol–water partition coefficient (Wildman–Crippen LogP) is 7.60. The van der Waals surface area contributed by atoms with E-state index in [2.05, 4.69) is 0 Å². The first-order valence-electron chi connectivity index (χ1n) is 9.67. The first kappa shape index (κ1) is 23.6. The second-order valence-electron chi connectivity index (χ2n) is 7.06. The number of rotatable bonds is 6. The number of carbonyl (C=O) groups excluding carboxylic acids is 2. The normalized spacial score (nSPS) is 14.9. The lowest BCUT2D eigenvalue weighted by molar-refractivity contribution is -0.123. The summed E-state index contributed by atoms with van der Waals surface area (Å²) < 4.78 is 19.8. The summed E-state index contributed by atoms with van der Waals surface area (Å²) in [6.45, 7) is 0.0421. The number of nitrogens with zero attached hydrogens (tertiary/aromatic N) is 1. The molecule has 0 radical (unpaired) electrons.